The summed E-state index contributed by atoms with van der Waals surface area (Å²) in [4.78, 5) is 0. The van der Waals surface area contributed by atoms with Crippen LogP contribution in [0.5, 0.6) is 5.75 Å². The highest BCUT2D eigenvalue weighted by atomic mass is 16.5. The minimum Gasteiger partial charge on any atom is -0.497 e. The summed E-state index contributed by atoms with van der Waals surface area (Å²) in [6, 6.07) is 8.49. The van der Waals surface area contributed by atoms with Crippen LogP contribution in [0.1, 0.15) is 20.0 Å². The largest absolute Gasteiger partial charge is 0.497 e. The van der Waals surface area contributed by atoms with Gasteiger partial charge in [0.05, 0.1) is 7.11 Å². The van der Waals surface area contributed by atoms with E-state index in [9.17, 15) is 0 Å². The summed E-state index contributed by atoms with van der Waals surface area (Å²) < 4.78 is 5.06. The molecule has 0 spiro atoms. The van der Waals surface area contributed by atoms with E-state index >= 15 is 0 Å². The zero-order chi connectivity index (χ0) is 8.97. The number of hydrogen-bond acceptors (Lipinski definition) is 2. The van der Waals surface area contributed by atoms with E-state index in [-0.39, 0.29) is 1.43 Å². The van der Waals surface area contributed by atoms with Crippen molar-refractivity contribution in [2.45, 2.75) is 13.0 Å². The van der Waals surface area contributed by atoms with Crippen molar-refractivity contribution in [2.24, 2.45) is 0 Å². The fourth-order valence-electron chi connectivity index (χ4n) is 1.06. The standard InChI is InChI=1S/C10H15NO.H2/c1-8(11-2)9-4-6-10(12-3)7-5-9;/h4-8,11H,1-3H3;1H/t8-;/m0./s1. The van der Waals surface area contributed by atoms with Gasteiger partial charge in [0.2, 0.25) is 0 Å². The summed E-state index contributed by atoms with van der Waals surface area (Å²) in [5, 5.41) is 3.18. The first-order chi connectivity index (χ1) is 5.77. The van der Waals surface area contributed by atoms with Crippen LogP contribution >= 0.6 is 0 Å². The van der Waals surface area contributed by atoms with Crippen LogP contribution in [0.25, 0.3) is 0 Å². The maximum atomic E-state index is 5.06. The molecule has 0 aromatic heterocycles. The van der Waals surface area contributed by atoms with Crippen LogP contribution in [0, 0.1) is 0 Å². The first kappa shape index (κ1) is 9.07. The van der Waals surface area contributed by atoms with Crippen molar-refractivity contribution in [3.63, 3.8) is 0 Å². The monoisotopic (exact) mass is 167 g/mol. The van der Waals surface area contributed by atoms with Crippen molar-refractivity contribution >= 4 is 0 Å². The second kappa shape index (κ2) is 4.12. The Morgan fingerprint density at radius 2 is 1.92 bits per heavy atom. The molecule has 0 unspecified atom stereocenters. The van der Waals surface area contributed by atoms with Crippen LogP contribution in [0.4, 0.5) is 0 Å². The van der Waals surface area contributed by atoms with Crippen LogP contribution in [-0.4, -0.2) is 14.2 Å². The van der Waals surface area contributed by atoms with Crippen molar-refractivity contribution < 1.29 is 6.16 Å². The van der Waals surface area contributed by atoms with E-state index in [1.807, 2.05) is 19.2 Å². The molecule has 1 atom stereocenters. The van der Waals surface area contributed by atoms with Gasteiger partial charge in [-0.3, -0.25) is 0 Å². The average molecular weight is 167 g/mol. The zero-order valence-electron chi connectivity index (χ0n) is 7.79. The Balaban J connectivity index is 0.00000144. The third-order valence-electron chi connectivity index (χ3n) is 2.05. The number of rotatable bonds is 3. The molecule has 2 heteroatoms. The van der Waals surface area contributed by atoms with E-state index < -0.39 is 0 Å². The molecule has 1 N–H and O–H groups in total. The van der Waals surface area contributed by atoms with Gasteiger partial charge in [-0.25, -0.2) is 0 Å². The molecule has 1 aromatic rings. The highest BCUT2D eigenvalue weighted by Crippen LogP contribution is 2.16. The summed E-state index contributed by atoms with van der Waals surface area (Å²) in [6.07, 6.45) is 0. The molecule has 0 bridgehead atoms. The number of benzene rings is 1. The molecule has 1 aromatic carbocycles. The van der Waals surface area contributed by atoms with E-state index in [0.717, 1.165) is 5.75 Å². The maximum absolute atomic E-state index is 5.06. The van der Waals surface area contributed by atoms with Crippen molar-refractivity contribution in [2.75, 3.05) is 14.2 Å². The summed E-state index contributed by atoms with van der Waals surface area (Å²) in [5.41, 5.74) is 1.28. The first-order valence-electron chi connectivity index (χ1n) is 4.09. The molecular formula is C10H17NO. The maximum Gasteiger partial charge on any atom is 0.118 e. The van der Waals surface area contributed by atoms with Crippen molar-refractivity contribution in [1.82, 2.24) is 5.32 Å². The van der Waals surface area contributed by atoms with Crippen molar-refractivity contribution in [3.05, 3.63) is 29.8 Å². The van der Waals surface area contributed by atoms with Gasteiger partial charge in [0.15, 0.2) is 0 Å². The SMILES string of the molecule is CN[C@@H](C)c1ccc(OC)cc1.[HH]. The van der Waals surface area contributed by atoms with Gasteiger partial charge in [-0.15, -0.1) is 0 Å². The highest BCUT2D eigenvalue weighted by molar-refractivity contribution is 5.28. The molecule has 1 rings (SSSR count). The molecule has 0 saturated carbocycles. The number of hydrogen-bond donors (Lipinski definition) is 1. The van der Waals surface area contributed by atoms with E-state index in [1.165, 1.54) is 5.56 Å². The molecule has 2 nitrogen and oxygen atoms in total. The lowest BCUT2D eigenvalue weighted by molar-refractivity contribution is 0.414. The van der Waals surface area contributed by atoms with Gasteiger partial charge in [-0.2, -0.15) is 0 Å². The Kier molecular flexibility index (Phi) is 3.11. The quantitative estimate of drug-likeness (QED) is 0.745. The minimum atomic E-state index is 0. The van der Waals surface area contributed by atoms with E-state index in [1.54, 1.807) is 7.11 Å². The van der Waals surface area contributed by atoms with Crippen molar-refractivity contribution in [1.29, 1.82) is 0 Å². The predicted octanol–water partition coefficient (Wildman–Crippen LogP) is 2.22. The molecular weight excluding hydrogens is 150 g/mol. The van der Waals surface area contributed by atoms with E-state index in [2.05, 4.69) is 24.4 Å². The molecule has 0 aliphatic heterocycles. The van der Waals surface area contributed by atoms with Gasteiger partial charge < -0.3 is 10.1 Å². The molecule has 0 aliphatic carbocycles. The third-order valence-corrected chi connectivity index (χ3v) is 2.05. The van der Waals surface area contributed by atoms with Gasteiger partial charge in [0.1, 0.15) is 5.75 Å². The number of methoxy groups -OCH3 is 1. The number of ether oxygens (including phenoxy) is 1. The smallest absolute Gasteiger partial charge is 0.118 e. The van der Waals surface area contributed by atoms with Gasteiger partial charge in [0.25, 0.3) is 0 Å². The molecule has 0 fully saturated rings. The van der Waals surface area contributed by atoms with Crippen LogP contribution in [0.2, 0.25) is 0 Å². The minimum absolute atomic E-state index is 0. The highest BCUT2D eigenvalue weighted by Gasteiger charge is 2.00. The lowest BCUT2D eigenvalue weighted by Crippen LogP contribution is -2.11. The Morgan fingerprint density at radius 1 is 1.33 bits per heavy atom. The third kappa shape index (κ3) is 1.98. The van der Waals surface area contributed by atoms with Gasteiger partial charge >= 0.3 is 0 Å². The summed E-state index contributed by atoms with van der Waals surface area (Å²) in [7, 11) is 3.63. The molecule has 0 aliphatic rings. The lowest BCUT2D eigenvalue weighted by Gasteiger charge is -2.10. The van der Waals surface area contributed by atoms with Crippen molar-refractivity contribution in [3.8, 4) is 5.75 Å². The molecule has 12 heavy (non-hydrogen) atoms. The van der Waals surface area contributed by atoms with E-state index in [0.29, 0.717) is 6.04 Å². The summed E-state index contributed by atoms with van der Waals surface area (Å²) in [6.45, 7) is 2.13. The number of nitrogens with one attached hydrogen (secondary N) is 1. The normalized spacial score (nSPS) is 12.6. The molecule has 0 saturated heterocycles. The van der Waals surface area contributed by atoms with Crippen LogP contribution in [0.15, 0.2) is 24.3 Å². The topological polar surface area (TPSA) is 21.3 Å². The zero-order valence-corrected chi connectivity index (χ0v) is 7.79. The van der Waals surface area contributed by atoms with Gasteiger partial charge in [-0.1, -0.05) is 12.1 Å². The Morgan fingerprint density at radius 3 is 2.33 bits per heavy atom. The van der Waals surface area contributed by atoms with Gasteiger partial charge in [-0.05, 0) is 31.7 Å². The second-order valence-corrected chi connectivity index (χ2v) is 2.78. The lowest BCUT2D eigenvalue weighted by atomic mass is 10.1. The Bertz CT molecular complexity index is 235. The summed E-state index contributed by atoms with van der Waals surface area (Å²) in [5.74, 6) is 0.905. The predicted molar refractivity (Wildman–Crippen MR) is 52.6 cm³/mol. The fraction of sp³-hybridized carbons (Fsp3) is 0.400. The Hall–Kier alpha value is -1.02. The summed E-state index contributed by atoms with van der Waals surface area (Å²) >= 11 is 0. The van der Waals surface area contributed by atoms with Crippen LogP contribution < -0.4 is 10.1 Å². The average Bonchev–Trinajstić information content (AvgIpc) is 2.17. The second-order valence-electron chi connectivity index (χ2n) is 2.78. The molecule has 68 valence electrons. The van der Waals surface area contributed by atoms with Crippen LogP contribution in [-0.2, 0) is 0 Å². The molecule has 0 radical (unpaired) electrons. The Labute approximate surface area is 75.0 Å². The molecule has 0 heterocycles. The van der Waals surface area contributed by atoms with Crippen LogP contribution in [0.3, 0.4) is 0 Å². The van der Waals surface area contributed by atoms with Gasteiger partial charge in [0, 0.05) is 7.47 Å². The first-order valence-corrected chi connectivity index (χ1v) is 4.09. The van der Waals surface area contributed by atoms with E-state index in [4.69, 9.17) is 4.74 Å². The fourth-order valence-corrected chi connectivity index (χ4v) is 1.06. The molecule has 0 amide bonds.